The lowest BCUT2D eigenvalue weighted by molar-refractivity contribution is 0.115. The van der Waals surface area contributed by atoms with Crippen LogP contribution in [0.5, 0.6) is 0 Å². The van der Waals surface area contributed by atoms with Crippen molar-refractivity contribution in [3.63, 3.8) is 0 Å². The van der Waals surface area contributed by atoms with E-state index in [1.807, 2.05) is 6.08 Å². The zero-order valence-corrected chi connectivity index (χ0v) is 13.5. The molecule has 0 spiro atoms. The third-order valence-electron chi connectivity index (χ3n) is 5.44. The van der Waals surface area contributed by atoms with Crippen molar-refractivity contribution in [2.24, 2.45) is 17.8 Å². The highest BCUT2D eigenvalue weighted by Gasteiger charge is 2.35. The fraction of sp³-hybridized carbons (Fsp3) is 0.571. The van der Waals surface area contributed by atoms with Gasteiger partial charge in [-0.15, -0.1) is 6.58 Å². The molecule has 0 aliphatic heterocycles. The first kappa shape index (κ1) is 12.8. The smallest absolute Gasteiger partial charge is 0.141 e. The summed E-state index contributed by atoms with van der Waals surface area (Å²) in [4.78, 5) is 0. The molecule has 1 nitrogen and oxygen atoms in total. The topological polar surface area (TPSA) is 23.8 Å². The minimum Gasteiger partial charge on any atom is -0.206 e. The highest BCUT2D eigenvalue weighted by atomic mass is 19.1. The molecule has 122 valence electrons. The Morgan fingerprint density at radius 1 is 1.35 bits per heavy atom. The molecule has 2 heteroatoms. The van der Waals surface area contributed by atoms with E-state index in [4.69, 9.17) is 9.37 Å². The number of hydrogen-bond acceptors (Lipinski definition) is 1. The summed E-state index contributed by atoms with van der Waals surface area (Å²) in [5.74, 6) is -0.266. The third kappa shape index (κ3) is 3.66. The molecule has 23 heavy (non-hydrogen) atoms. The van der Waals surface area contributed by atoms with Gasteiger partial charge in [0, 0.05) is 4.11 Å². The van der Waals surface area contributed by atoms with E-state index in [-0.39, 0.29) is 17.4 Å². The van der Waals surface area contributed by atoms with Crippen molar-refractivity contribution in [1.82, 2.24) is 0 Å². The number of nitriles is 1. The van der Waals surface area contributed by atoms with Gasteiger partial charge < -0.3 is 0 Å². The van der Waals surface area contributed by atoms with Crippen LogP contribution in [0.25, 0.3) is 0 Å². The zero-order chi connectivity index (χ0) is 18.9. The summed E-state index contributed by atoms with van der Waals surface area (Å²) < 4.78 is 40.0. The predicted octanol–water partition coefficient (Wildman–Crippen LogP) is 5.96. The van der Waals surface area contributed by atoms with Crippen LogP contribution < -0.4 is 0 Å². The van der Waals surface area contributed by atoms with Crippen LogP contribution in [0.1, 0.15) is 72.5 Å². The molecule has 0 amide bonds. The Hall–Kier alpha value is -1.62. The second kappa shape index (κ2) is 7.30. The van der Waals surface area contributed by atoms with Gasteiger partial charge in [-0.3, -0.25) is 0 Å². The molecular weight excluding hydrogens is 285 g/mol. The summed E-state index contributed by atoms with van der Waals surface area (Å²) in [6.07, 6.45) is 5.38. The number of rotatable bonds is 4. The van der Waals surface area contributed by atoms with Gasteiger partial charge in [-0.25, -0.2) is 4.39 Å². The van der Waals surface area contributed by atoms with Crippen molar-refractivity contribution in [3.05, 3.63) is 47.8 Å². The first-order chi connectivity index (χ1) is 12.4. The fourth-order valence-electron chi connectivity index (χ4n) is 4.13. The molecule has 2 fully saturated rings. The van der Waals surface area contributed by atoms with Crippen molar-refractivity contribution in [2.45, 2.75) is 57.2 Å². The molecule has 0 N–H and O–H groups in total. The first-order valence-corrected chi connectivity index (χ1v) is 8.60. The van der Waals surface area contributed by atoms with Crippen molar-refractivity contribution >= 4 is 0 Å². The van der Waals surface area contributed by atoms with E-state index in [1.54, 1.807) is 12.1 Å². The first-order valence-electron chi connectivity index (χ1n) is 10.2. The molecule has 0 heterocycles. The van der Waals surface area contributed by atoms with Crippen LogP contribution in [0.2, 0.25) is 0 Å². The Morgan fingerprint density at radius 2 is 2.22 bits per heavy atom. The van der Waals surface area contributed by atoms with Crippen LogP contribution in [0.4, 0.5) is 4.39 Å². The van der Waals surface area contributed by atoms with Crippen LogP contribution in [0, 0.1) is 34.9 Å². The van der Waals surface area contributed by atoms with E-state index in [9.17, 15) is 4.39 Å². The number of benzene rings is 1. The molecular formula is C21H26FN. The molecule has 5 atom stereocenters. The second-order valence-electron chi connectivity index (χ2n) is 6.90. The highest BCUT2D eigenvalue weighted by molar-refractivity contribution is 5.35. The predicted molar refractivity (Wildman–Crippen MR) is 91.5 cm³/mol. The largest absolute Gasteiger partial charge is 0.206 e. The molecule has 2 aliphatic carbocycles. The molecule has 2 aliphatic rings. The van der Waals surface area contributed by atoms with Gasteiger partial charge >= 0.3 is 0 Å². The van der Waals surface area contributed by atoms with Gasteiger partial charge in [0.2, 0.25) is 0 Å². The maximum absolute atomic E-state index is 14.1. The average molecular weight is 314 g/mol. The van der Waals surface area contributed by atoms with Gasteiger partial charge in [-0.2, -0.15) is 5.26 Å². The molecule has 3 rings (SSSR count). The summed E-state index contributed by atoms with van der Waals surface area (Å²) in [6.45, 7) is 3.78. The molecule has 0 radical (unpaired) electrons. The van der Waals surface area contributed by atoms with E-state index in [2.05, 4.69) is 6.58 Å². The quantitative estimate of drug-likeness (QED) is 0.629. The van der Waals surface area contributed by atoms with Crippen molar-refractivity contribution in [1.29, 1.82) is 5.26 Å². The lowest BCUT2D eigenvalue weighted by atomic mass is 9.63. The fourth-order valence-corrected chi connectivity index (χ4v) is 4.13. The van der Waals surface area contributed by atoms with Crippen LogP contribution in [-0.4, -0.2) is 0 Å². The third-order valence-corrected chi connectivity index (χ3v) is 5.44. The SMILES string of the molecule is [2H]C1C2CCC(CCC=C)CC2CC([2H])([2H])C1c1ccc(C#N)c(F)c1. The summed E-state index contributed by atoms with van der Waals surface area (Å²) in [7, 11) is 0. The van der Waals surface area contributed by atoms with Crippen molar-refractivity contribution < 1.29 is 8.50 Å². The Labute approximate surface area is 143 Å². The number of fused-ring (bicyclic) bond motifs is 1. The molecule has 1 aromatic carbocycles. The Bertz CT molecular complexity index is 712. The number of hydrogen-bond donors (Lipinski definition) is 0. The summed E-state index contributed by atoms with van der Waals surface area (Å²) in [5.41, 5.74) is 0.478. The van der Waals surface area contributed by atoms with E-state index in [0.29, 0.717) is 17.9 Å². The lowest BCUT2D eigenvalue weighted by Crippen LogP contribution is -2.30. The minimum absolute atomic E-state index is 0.0349. The highest BCUT2D eigenvalue weighted by Crippen LogP contribution is 2.48. The summed E-state index contributed by atoms with van der Waals surface area (Å²) in [6, 6.07) is 6.10. The normalized spacial score (nSPS) is 37.6. The average Bonchev–Trinajstić information content (AvgIpc) is 2.59. The minimum atomic E-state index is -1.53. The molecule has 0 aromatic heterocycles. The van der Waals surface area contributed by atoms with Gasteiger partial charge in [-0.1, -0.05) is 18.6 Å². The van der Waals surface area contributed by atoms with E-state index >= 15 is 0 Å². The number of allylic oxidation sites excluding steroid dienone is 1. The maximum atomic E-state index is 14.1. The molecule has 0 bridgehead atoms. The van der Waals surface area contributed by atoms with Crippen LogP contribution in [0.15, 0.2) is 30.9 Å². The molecule has 0 saturated heterocycles. The van der Waals surface area contributed by atoms with E-state index in [1.165, 1.54) is 12.1 Å². The Balaban J connectivity index is 1.83. The van der Waals surface area contributed by atoms with Gasteiger partial charge in [0.1, 0.15) is 11.9 Å². The summed E-state index contributed by atoms with van der Waals surface area (Å²) >= 11 is 0. The van der Waals surface area contributed by atoms with E-state index in [0.717, 1.165) is 32.1 Å². The molecule has 5 unspecified atom stereocenters. The summed E-state index contributed by atoms with van der Waals surface area (Å²) in [5, 5.41) is 8.91. The Kier molecular flexibility index (Phi) is 4.05. The maximum Gasteiger partial charge on any atom is 0.141 e. The Morgan fingerprint density at radius 3 is 2.96 bits per heavy atom. The van der Waals surface area contributed by atoms with Crippen LogP contribution in [-0.2, 0) is 0 Å². The van der Waals surface area contributed by atoms with Gasteiger partial charge in [0.05, 0.1) is 5.56 Å². The second-order valence-corrected chi connectivity index (χ2v) is 6.90. The van der Waals surface area contributed by atoms with Gasteiger partial charge in [0.15, 0.2) is 0 Å². The standard InChI is InChI=1S/C21H26FN/c1-2-3-4-15-5-6-17-12-18(8-7-16(17)11-15)19-9-10-20(14-23)21(22)13-19/h2,9-10,13,15-18H,1,3-8,11-12H2/i8D2,12D. The van der Waals surface area contributed by atoms with Crippen molar-refractivity contribution in [3.8, 4) is 6.07 Å². The van der Waals surface area contributed by atoms with Crippen molar-refractivity contribution in [2.75, 3.05) is 0 Å². The van der Waals surface area contributed by atoms with Gasteiger partial charge in [-0.05, 0) is 86.2 Å². The van der Waals surface area contributed by atoms with Crippen LogP contribution >= 0.6 is 0 Å². The molecule has 2 saturated carbocycles. The van der Waals surface area contributed by atoms with Gasteiger partial charge in [0.25, 0.3) is 0 Å². The number of nitrogens with zero attached hydrogens (tertiary/aromatic N) is 1. The van der Waals surface area contributed by atoms with Crippen LogP contribution in [0.3, 0.4) is 0 Å². The van der Waals surface area contributed by atoms with E-state index < -0.39 is 24.5 Å². The molecule has 1 aromatic rings. The monoisotopic (exact) mass is 314 g/mol. The lowest BCUT2D eigenvalue weighted by Gasteiger charge is -2.42. The zero-order valence-electron chi connectivity index (χ0n) is 16.5. The number of halogens is 1.